The van der Waals surface area contributed by atoms with Crippen molar-refractivity contribution in [2.24, 2.45) is 19.5 Å². The van der Waals surface area contributed by atoms with Crippen LogP contribution in [0.4, 0.5) is 5.69 Å². The number of aliphatic hydroxyl groups is 1. The summed E-state index contributed by atoms with van der Waals surface area (Å²) < 4.78 is 1.66. The lowest BCUT2D eigenvalue weighted by Gasteiger charge is -2.33. The monoisotopic (exact) mass is 429 g/mol. The molecule has 0 spiro atoms. The number of aromatic nitrogens is 2. The maximum Gasteiger partial charge on any atom is 0.333 e. The molecule has 0 amide bonds. The second-order valence-corrected chi connectivity index (χ2v) is 8.53. The fraction of sp³-hybridized carbons (Fsp3) is 0.381. The molecule has 0 saturated heterocycles. The standard InChI is InChI=1S/C21H23N3O7/c1-21(2)9-13(25)16(14(26)10-21)15(11-5-7-12(8-6-11)24(30)31)17-18(27)22(3)20(29)23(4)19(17)28/h5-8,15,25,27H,9-10H2,1-4H3/t15-/m0/s1. The van der Waals surface area contributed by atoms with Gasteiger partial charge in [0, 0.05) is 44.6 Å². The lowest BCUT2D eigenvalue weighted by molar-refractivity contribution is -0.384. The minimum atomic E-state index is -1.21. The summed E-state index contributed by atoms with van der Waals surface area (Å²) in [6, 6.07) is 5.14. The number of nitrogens with zero attached hydrogens (tertiary/aromatic N) is 3. The van der Waals surface area contributed by atoms with Crippen molar-refractivity contribution in [3.63, 3.8) is 0 Å². The molecule has 0 fully saturated rings. The molecule has 2 aromatic rings. The summed E-state index contributed by atoms with van der Waals surface area (Å²) in [5.74, 6) is -2.49. The van der Waals surface area contributed by atoms with Gasteiger partial charge in [0.15, 0.2) is 5.78 Å². The van der Waals surface area contributed by atoms with Gasteiger partial charge in [-0.05, 0) is 11.0 Å². The van der Waals surface area contributed by atoms with E-state index in [0.717, 1.165) is 9.13 Å². The van der Waals surface area contributed by atoms with Gasteiger partial charge in [0.25, 0.3) is 11.2 Å². The van der Waals surface area contributed by atoms with E-state index in [1.165, 1.54) is 38.4 Å². The van der Waals surface area contributed by atoms with Gasteiger partial charge < -0.3 is 10.2 Å². The van der Waals surface area contributed by atoms with Crippen LogP contribution in [0.3, 0.4) is 0 Å². The number of carbonyl (C=O) groups excluding carboxylic acids is 1. The van der Waals surface area contributed by atoms with Crippen molar-refractivity contribution in [2.45, 2.75) is 32.6 Å². The summed E-state index contributed by atoms with van der Waals surface area (Å²) in [7, 11) is 2.51. The maximum atomic E-state index is 13.1. The SMILES string of the molecule is Cn1c(O)c([C@H](C2=C(O)CC(C)(C)CC2=O)c2ccc([N+](=O)[O-])cc2)c(=O)n(C)c1=O. The molecule has 0 bridgehead atoms. The first-order chi connectivity index (χ1) is 14.4. The smallest absolute Gasteiger partial charge is 0.333 e. The molecule has 0 saturated carbocycles. The molecule has 0 unspecified atom stereocenters. The van der Waals surface area contributed by atoms with E-state index in [2.05, 4.69) is 0 Å². The Morgan fingerprint density at radius 3 is 2.13 bits per heavy atom. The van der Waals surface area contributed by atoms with Crippen LogP contribution < -0.4 is 11.2 Å². The Balaban J connectivity index is 2.38. The highest BCUT2D eigenvalue weighted by Gasteiger charge is 2.40. The van der Waals surface area contributed by atoms with Gasteiger partial charge in [0.05, 0.1) is 16.4 Å². The molecule has 1 aliphatic rings. The highest BCUT2D eigenvalue weighted by atomic mass is 16.6. The number of hydrogen-bond donors (Lipinski definition) is 2. The van der Waals surface area contributed by atoms with Crippen LogP contribution in [0.1, 0.15) is 43.7 Å². The minimum absolute atomic E-state index is 0.0702. The van der Waals surface area contributed by atoms with Crippen LogP contribution in [0, 0.1) is 15.5 Å². The summed E-state index contributed by atoms with van der Waals surface area (Å²) in [6.07, 6.45) is 0.271. The van der Waals surface area contributed by atoms with E-state index in [9.17, 15) is 34.7 Å². The van der Waals surface area contributed by atoms with E-state index in [-0.39, 0.29) is 41.0 Å². The molecule has 10 heteroatoms. The van der Waals surface area contributed by atoms with Crippen molar-refractivity contribution >= 4 is 11.5 Å². The number of carbonyl (C=O) groups is 1. The Hall–Kier alpha value is -3.69. The molecule has 1 aliphatic carbocycles. The van der Waals surface area contributed by atoms with Crippen molar-refractivity contribution < 1.29 is 19.9 Å². The number of aliphatic hydroxyl groups excluding tert-OH is 1. The minimum Gasteiger partial charge on any atom is -0.512 e. The van der Waals surface area contributed by atoms with Crippen LogP contribution in [0.2, 0.25) is 0 Å². The number of Topliss-reactive ketones (excluding diaryl/α,β-unsaturated/α-hetero) is 1. The maximum absolute atomic E-state index is 13.1. The third kappa shape index (κ3) is 3.76. The predicted octanol–water partition coefficient (Wildman–Crippen LogP) is 2.03. The lowest BCUT2D eigenvalue weighted by atomic mass is 9.71. The second kappa shape index (κ2) is 7.53. The molecule has 1 atom stereocenters. The van der Waals surface area contributed by atoms with E-state index in [4.69, 9.17) is 0 Å². The van der Waals surface area contributed by atoms with Crippen LogP contribution in [0.15, 0.2) is 45.2 Å². The zero-order valence-corrected chi connectivity index (χ0v) is 17.6. The summed E-state index contributed by atoms with van der Waals surface area (Å²) in [4.78, 5) is 48.7. The van der Waals surface area contributed by atoms with Crippen LogP contribution in [-0.2, 0) is 18.9 Å². The van der Waals surface area contributed by atoms with E-state index in [1.54, 1.807) is 0 Å². The van der Waals surface area contributed by atoms with E-state index in [1.807, 2.05) is 13.8 Å². The summed E-state index contributed by atoms with van der Waals surface area (Å²) in [5.41, 5.74) is -2.35. The third-order valence-electron chi connectivity index (χ3n) is 5.58. The fourth-order valence-electron chi connectivity index (χ4n) is 4.01. The van der Waals surface area contributed by atoms with E-state index >= 15 is 0 Å². The third-order valence-corrected chi connectivity index (χ3v) is 5.58. The molecule has 2 N–H and O–H groups in total. The average molecular weight is 429 g/mol. The number of aromatic hydroxyl groups is 1. The largest absolute Gasteiger partial charge is 0.512 e. The Labute approximate surface area is 176 Å². The fourth-order valence-corrected chi connectivity index (χ4v) is 4.01. The topological polar surface area (TPSA) is 145 Å². The Kier molecular flexibility index (Phi) is 5.35. The van der Waals surface area contributed by atoms with Crippen LogP contribution in [-0.4, -0.2) is 30.1 Å². The van der Waals surface area contributed by atoms with Gasteiger partial charge in [-0.25, -0.2) is 4.79 Å². The molecule has 1 heterocycles. The number of nitro benzene ring substituents is 1. The zero-order chi connectivity index (χ0) is 23.2. The first-order valence-corrected chi connectivity index (χ1v) is 9.54. The lowest BCUT2D eigenvalue weighted by Crippen LogP contribution is -2.40. The number of rotatable bonds is 4. The Bertz CT molecular complexity index is 1230. The highest BCUT2D eigenvalue weighted by molar-refractivity contribution is 5.99. The zero-order valence-electron chi connectivity index (χ0n) is 17.6. The van der Waals surface area contributed by atoms with Gasteiger partial charge in [0.1, 0.15) is 5.76 Å². The molecule has 0 aliphatic heterocycles. The number of hydrogen-bond acceptors (Lipinski definition) is 7. The Morgan fingerprint density at radius 1 is 1.03 bits per heavy atom. The average Bonchev–Trinajstić information content (AvgIpc) is 2.68. The van der Waals surface area contributed by atoms with Crippen molar-refractivity contribution in [1.82, 2.24) is 9.13 Å². The summed E-state index contributed by atoms with van der Waals surface area (Å²) in [5, 5.41) is 32.5. The quantitative estimate of drug-likeness (QED) is 0.559. The first-order valence-electron chi connectivity index (χ1n) is 9.54. The highest BCUT2D eigenvalue weighted by Crippen LogP contribution is 2.44. The van der Waals surface area contributed by atoms with Gasteiger partial charge in [0.2, 0.25) is 5.88 Å². The molecule has 164 valence electrons. The van der Waals surface area contributed by atoms with Gasteiger partial charge in [-0.2, -0.15) is 0 Å². The van der Waals surface area contributed by atoms with Crippen molar-refractivity contribution in [3.8, 4) is 5.88 Å². The van der Waals surface area contributed by atoms with Crippen LogP contribution in [0.25, 0.3) is 0 Å². The Morgan fingerprint density at radius 2 is 1.61 bits per heavy atom. The number of allylic oxidation sites excluding steroid dienone is 2. The number of benzene rings is 1. The van der Waals surface area contributed by atoms with E-state index in [0.29, 0.717) is 0 Å². The predicted molar refractivity (Wildman–Crippen MR) is 111 cm³/mol. The molecule has 31 heavy (non-hydrogen) atoms. The van der Waals surface area contributed by atoms with Crippen molar-refractivity contribution in [1.29, 1.82) is 0 Å². The van der Waals surface area contributed by atoms with Gasteiger partial charge in [-0.1, -0.05) is 26.0 Å². The van der Waals surface area contributed by atoms with Crippen molar-refractivity contribution in [2.75, 3.05) is 0 Å². The van der Waals surface area contributed by atoms with Gasteiger partial charge >= 0.3 is 5.69 Å². The normalized spacial score (nSPS) is 17.0. The molecule has 10 nitrogen and oxygen atoms in total. The molecule has 1 aromatic heterocycles. The van der Waals surface area contributed by atoms with Crippen molar-refractivity contribution in [3.05, 3.63) is 77.7 Å². The summed E-state index contributed by atoms with van der Waals surface area (Å²) >= 11 is 0. The molecule has 0 radical (unpaired) electrons. The van der Waals surface area contributed by atoms with Gasteiger partial charge in [-0.15, -0.1) is 0 Å². The molecule has 3 rings (SSSR count). The number of non-ortho nitro benzene ring substituents is 1. The van der Waals surface area contributed by atoms with Crippen LogP contribution in [0.5, 0.6) is 5.88 Å². The first kappa shape index (κ1) is 22.0. The van der Waals surface area contributed by atoms with Gasteiger partial charge in [-0.3, -0.25) is 28.8 Å². The number of nitro groups is 1. The molecular weight excluding hydrogens is 406 g/mol. The number of ketones is 1. The molecule has 1 aromatic carbocycles. The van der Waals surface area contributed by atoms with E-state index < -0.39 is 39.2 Å². The summed E-state index contributed by atoms with van der Waals surface area (Å²) in [6.45, 7) is 3.64. The molecular formula is C21H23N3O7. The van der Waals surface area contributed by atoms with Crippen LogP contribution >= 0.6 is 0 Å². The second-order valence-electron chi connectivity index (χ2n) is 8.53.